The van der Waals surface area contributed by atoms with Crippen LogP contribution in [-0.4, -0.2) is 24.4 Å². The highest BCUT2D eigenvalue weighted by Crippen LogP contribution is 2.33. The van der Waals surface area contributed by atoms with Gasteiger partial charge in [0.1, 0.15) is 5.82 Å². The first-order valence-corrected chi connectivity index (χ1v) is 8.45. The molecule has 0 heterocycles. The van der Waals surface area contributed by atoms with Gasteiger partial charge in [-0.05, 0) is 55.6 Å². The molecule has 24 heavy (non-hydrogen) atoms. The van der Waals surface area contributed by atoms with Gasteiger partial charge in [0.05, 0.1) is 12.2 Å². The molecule has 3 nitrogen and oxygen atoms in total. The summed E-state index contributed by atoms with van der Waals surface area (Å²) in [5.74, 6) is -0.761. The SMILES string of the molecule is CN(CC(=O)Nc1ccc(Cl)cc1F)[C@H]1CCCc2ccccc21. The summed E-state index contributed by atoms with van der Waals surface area (Å²) in [6.07, 6.45) is 3.22. The van der Waals surface area contributed by atoms with E-state index in [1.807, 2.05) is 18.0 Å². The van der Waals surface area contributed by atoms with Gasteiger partial charge in [-0.2, -0.15) is 0 Å². The Hall–Kier alpha value is -1.91. The van der Waals surface area contributed by atoms with Crippen LogP contribution >= 0.6 is 11.6 Å². The van der Waals surface area contributed by atoms with Crippen molar-refractivity contribution in [2.24, 2.45) is 0 Å². The van der Waals surface area contributed by atoms with Gasteiger partial charge < -0.3 is 5.32 Å². The molecule has 0 saturated carbocycles. The average Bonchev–Trinajstić information content (AvgIpc) is 2.57. The van der Waals surface area contributed by atoms with Crippen molar-refractivity contribution in [3.05, 3.63) is 64.4 Å². The lowest BCUT2D eigenvalue weighted by Crippen LogP contribution is -2.35. The number of nitrogens with one attached hydrogen (secondary N) is 1. The summed E-state index contributed by atoms with van der Waals surface area (Å²) in [5, 5.41) is 2.92. The van der Waals surface area contributed by atoms with Gasteiger partial charge in [0.25, 0.3) is 0 Å². The largest absolute Gasteiger partial charge is 0.322 e. The van der Waals surface area contributed by atoms with Gasteiger partial charge in [0.2, 0.25) is 5.91 Å². The average molecular weight is 347 g/mol. The minimum absolute atomic E-state index is 0.154. The molecule has 0 bridgehead atoms. The molecule has 5 heteroatoms. The quantitative estimate of drug-likeness (QED) is 0.888. The highest BCUT2D eigenvalue weighted by atomic mass is 35.5. The summed E-state index contributed by atoms with van der Waals surface area (Å²) in [4.78, 5) is 14.3. The van der Waals surface area contributed by atoms with Crippen LogP contribution in [-0.2, 0) is 11.2 Å². The molecule has 0 spiro atoms. The molecule has 2 aromatic rings. The van der Waals surface area contributed by atoms with Crippen molar-refractivity contribution in [3.8, 4) is 0 Å². The molecule has 1 atom stereocenters. The fraction of sp³-hybridized carbons (Fsp3) is 0.316. The van der Waals surface area contributed by atoms with Crippen molar-refractivity contribution < 1.29 is 9.18 Å². The van der Waals surface area contributed by atoms with E-state index in [4.69, 9.17) is 11.6 Å². The zero-order valence-electron chi connectivity index (χ0n) is 13.6. The van der Waals surface area contributed by atoms with Crippen LogP contribution in [0.3, 0.4) is 0 Å². The highest BCUT2D eigenvalue weighted by molar-refractivity contribution is 6.30. The summed E-state index contributed by atoms with van der Waals surface area (Å²) < 4.78 is 13.8. The molecule has 0 fully saturated rings. The summed E-state index contributed by atoms with van der Waals surface area (Å²) >= 11 is 5.73. The van der Waals surface area contributed by atoms with Crippen LogP contribution in [0.25, 0.3) is 0 Å². The van der Waals surface area contributed by atoms with Gasteiger partial charge in [-0.3, -0.25) is 9.69 Å². The van der Waals surface area contributed by atoms with Crippen LogP contribution in [0.2, 0.25) is 5.02 Å². The summed E-state index contributed by atoms with van der Waals surface area (Å²) in [7, 11) is 1.94. The Bertz CT molecular complexity index is 750. The zero-order chi connectivity index (χ0) is 17.1. The second-order valence-corrected chi connectivity index (χ2v) is 6.63. The fourth-order valence-corrected chi connectivity index (χ4v) is 3.46. The number of aryl methyl sites for hydroxylation is 1. The zero-order valence-corrected chi connectivity index (χ0v) is 14.3. The van der Waals surface area contributed by atoms with E-state index in [-0.39, 0.29) is 24.2 Å². The Balaban J connectivity index is 1.67. The first-order valence-electron chi connectivity index (χ1n) is 8.07. The summed E-state index contributed by atoms with van der Waals surface area (Å²) in [6.45, 7) is 0.209. The molecule has 1 aliphatic carbocycles. The monoisotopic (exact) mass is 346 g/mol. The smallest absolute Gasteiger partial charge is 0.238 e. The Morgan fingerprint density at radius 1 is 1.33 bits per heavy atom. The normalized spacial score (nSPS) is 16.8. The molecular formula is C19H20ClFN2O. The molecule has 1 aliphatic rings. The van der Waals surface area contributed by atoms with E-state index in [9.17, 15) is 9.18 Å². The second-order valence-electron chi connectivity index (χ2n) is 6.19. The number of nitrogens with zero attached hydrogens (tertiary/aromatic N) is 1. The number of rotatable bonds is 4. The number of carbonyl (C=O) groups excluding carboxylic acids is 1. The minimum Gasteiger partial charge on any atom is -0.322 e. The minimum atomic E-state index is -0.526. The van der Waals surface area contributed by atoms with Crippen molar-refractivity contribution in [1.82, 2.24) is 4.90 Å². The van der Waals surface area contributed by atoms with Gasteiger partial charge in [-0.15, -0.1) is 0 Å². The number of halogens is 2. The highest BCUT2D eigenvalue weighted by Gasteiger charge is 2.24. The molecule has 3 rings (SSSR count). The van der Waals surface area contributed by atoms with E-state index in [1.54, 1.807) is 6.07 Å². The Kier molecular flexibility index (Phi) is 5.17. The number of carbonyl (C=O) groups is 1. The van der Waals surface area contributed by atoms with Crippen LogP contribution < -0.4 is 5.32 Å². The topological polar surface area (TPSA) is 32.3 Å². The number of anilines is 1. The van der Waals surface area contributed by atoms with Crippen LogP contribution in [0, 0.1) is 5.82 Å². The maximum Gasteiger partial charge on any atom is 0.238 e. The first-order chi connectivity index (χ1) is 11.5. The lowest BCUT2D eigenvalue weighted by atomic mass is 9.87. The molecule has 0 saturated heterocycles. The number of hydrogen-bond donors (Lipinski definition) is 1. The number of fused-ring (bicyclic) bond motifs is 1. The Labute approximate surface area is 146 Å². The molecule has 126 valence electrons. The van der Waals surface area contributed by atoms with E-state index in [1.165, 1.54) is 23.3 Å². The Morgan fingerprint density at radius 2 is 2.12 bits per heavy atom. The van der Waals surface area contributed by atoms with Crippen LogP contribution in [0.4, 0.5) is 10.1 Å². The molecule has 0 aromatic heterocycles. The van der Waals surface area contributed by atoms with Crippen LogP contribution in [0.15, 0.2) is 42.5 Å². The van der Waals surface area contributed by atoms with Crippen molar-refractivity contribution in [1.29, 1.82) is 0 Å². The number of amides is 1. The molecular weight excluding hydrogens is 327 g/mol. The summed E-state index contributed by atoms with van der Waals surface area (Å²) in [6, 6.07) is 12.8. The maximum absolute atomic E-state index is 13.8. The molecule has 0 unspecified atom stereocenters. The van der Waals surface area contributed by atoms with Crippen molar-refractivity contribution in [3.63, 3.8) is 0 Å². The maximum atomic E-state index is 13.8. The standard InChI is InChI=1S/C19H20ClFN2O/c1-23(18-8-4-6-13-5-2-3-7-15(13)18)12-19(24)22-17-10-9-14(20)11-16(17)21/h2-3,5,7,9-11,18H,4,6,8,12H2,1H3,(H,22,24)/t18-/m0/s1. The van der Waals surface area contributed by atoms with Gasteiger partial charge in [-0.25, -0.2) is 4.39 Å². The summed E-state index contributed by atoms with van der Waals surface area (Å²) in [5.41, 5.74) is 2.79. The lowest BCUT2D eigenvalue weighted by Gasteiger charge is -2.32. The van der Waals surface area contributed by atoms with E-state index in [2.05, 4.69) is 23.5 Å². The van der Waals surface area contributed by atoms with E-state index in [0.29, 0.717) is 5.02 Å². The van der Waals surface area contributed by atoms with Crippen molar-refractivity contribution in [2.45, 2.75) is 25.3 Å². The number of likely N-dealkylation sites (N-methyl/N-ethyl adjacent to an activating group) is 1. The molecule has 2 aromatic carbocycles. The van der Waals surface area contributed by atoms with Crippen LogP contribution in [0.1, 0.15) is 30.0 Å². The van der Waals surface area contributed by atoms with Gasteiger partial charge in [-0.1, -0.05) is 35.9 Å². The third-order valence-electron chi connectivity index (χ3n) is 4.47. The molecule has 0 radical (unpaired) electrons. The van der Waals surface area contributed by atoms with Crippen LogP contribution in [0.5, 0.6) is 0 Å². The number of hydrogen-bond acceptors (Lipinski definition) is 2. The fourth-order valence-electron chi connectivity index (χ4n) is 3.30. The third kappa shape index (κ3) is 3.77. The van der Waals surface area contributed by atoms with Crippen molar-refractivity contribution in [2.75, 3.05) is 18.9 Å². The number of benzene rings is 2. The Morgan fingerprint density at radius 3 is 2.92 bits per heavy atom. The third-order valence-corrected chi connectivity index (χ3v) is 4.70. The van der Waals surface area contributed by atoms with E-state index < -0.39 is 5.82 Å². The van der Waals surface area contributed by atoms with Gasteiger partial charge in [0, 0.05) is 11.1 Å². The second kappa shape index (κ2) is 7.32. The van der Waals surface area contributed by atoms with E-state index in [0.717, 1.165) is 19.3 Å². The van der Waals surface area contributed by atoms with Crippen molar-refractivity contribution >= 4 is 23.2 Å². The van der Waals surface area contributed by atoms with Gasteiger partial charge >= 0.3 is 0 Å². The van der Waals surface area contributed by atoms with Gasteiger partial charge in [0.15, 0.2) is 0 Å². The lowest BCUT2D eigenvalue weighted by molar-refractivity contribution is -0.117. The predicted octanol–water partition coefficient (Wildman–Crippen LogP) is 4.43. The predicted molar refractivity (Wildman–Crippen MR) is 94.8 cm³/mol. The molecule has 1 N–H and O–H groups in total. The molecule has 0 aliphatic heterocycles. The molecule has 1 amide bonds. The van der Waals surface area contributed by atoms with E-state index >= 15 is 0 Å². The first kappa shape index (κ1) is 16.9.